The zero-order valence-electron chi connectivity index (χ0n) is 12.8. The van der Waals surface area contributed by atoms with Crippen molar-refractivity contribution in [3.8, 4) is 0 Å². The molecular weight excluding hydrogens is 268 g/mol. The van der Waals surface area contributed by atoms with Gasteiger partial charge < -0.3 is 19.9 Å². The van der Waals surface area contributed by atoms with Crippen LogP contribution in [0.1, 0.15) is 24.2 Å². The van der Waals surface area contributed by atoms with Crippen LogP contribution >= 0.6 is 0 Å². The molecule has 1 aliphatic rings. The van der Waals surface area contributed by atoms with Crippen molar-refractivity contribution < 1.29 is 9.53 Å². The molecule has 3 rings (SSSR count). The summed E-state index contributed by atoms with van der Waals surface area (Å²) in [6.07, 6.45) is 0. The summed E-state index contributed by atoms with van der Waals surface area (Å²) in [6, 6.07) is 5.48. The fourth-order valence-electron chi connectivity index (χ4n) is 2.32. The monoisotopic (exact) mass is 290 g/mol. The van der Waals surface area contributed by atoms with Crippen LogP contribution in [0.2, 0.25) is 0 Å². The molecule has 1 aromatic heterocycles. The smallest absolute Gasteiger partial charge is 0.340 e. The van der Waals surface area contributed by atoms with Gasteiger partial charge in [-0.3, -0.25) is 0 Å². The third kappa shape index (κ3) is 3.16. The quantitative estimate of drug-likeness (QED) is 0.825. The fourth-order valence-corrected chi connectivity index (χ4v) is 2.32. The van der Waals surface area contributed by atoms with Gasteiger partial charge in [0.25, 0.3) is 0 Å². The van der Waals surface area contributed by atoms with Crippen LogP contribution in [-0.2, 0) is 4.74 Å². The lowest BCUT2D eigenvalue weighted by atomic mass is 10.2. The Kier molecular flexibility index (Phi) is 5.16. The van der Waals surface area contributed by atoms with Gasteiger partial charge in [0, 0.05) is 26.2 Å². The van der Waals surface area contributed by atoms with Crippen LogP contribution in [-0.4, -0.2) is 49.2 Å². The first-order valence-electron chi connectivity index (χ1n) is 7.32. The van der Waals surface area contributed by atoms with Crippen LogP contribution in [0.15, 0.2) is 18.2 Å². The summed E-state index contributed by atoms with van der Waals surface area (Å²) in [5, 5.41) is 3.30. The Morgan fingerprint density at radius 1 is 1.29 bits per heavy atom. The van der Waals surface area contributed by atoms with Crippen molar-refractivity contribution in [1.29, 1.82) is 0 Å². The lowest BCUT2D eigenvalue weighted by Crippen LogP contribution is -2.44. The molecule has 21 heavy (non-hydrogen) atoms. The van der Waals surface area contributed by atoms with Crippen LogP contribution in [0.3, 0.4) is 0 Å². The molecule has 6 heteroatoms. The summed E-state index contributed by atoms with van der Waals surface area (Å²) in [6.45, 7) is 7.71. The second kappa shape index (κ2) is 7.08. The molecule has 0 spiro atoms. The van der Waals surface area contributed by atoms with E-state index in [0.717, 1.165) is 37.6 Å². The van der Waals surface area contributed by atoms with E-state index in [-0.39, 0.29) is 5.97 Å². The van der Waals surface area contributed by atoms with Gasteiger partial charge in [0.15, 0.2) is 0 Å². The van der Waals surface area contributed by atoms with Crippen molar-refractivity contribution >= 4 is 23.0 Å². The standard InChI is InChI=1S/C13H16N4O2.C2H6/c1-19-12(18)9-3-2-4-10-11(9)16-13(15-10)17-7-5-14-6-8-17;1-2/h2-4,14H,5-8H2,1H3,(H,15,16);1-2H3. The summed E-state index contributed by atoms with van der Waals surface area (Å²) in [5.74, 6) is 0.455. The predicted octanol–water partition coefficient (Wildman–Crippen LogP) is 1.79. The number of rotatable bonds is 2. The minimum atomic E-state index is -0.357. The molecule has 1 fully saturated rings. The maximum absolute atomic E-state index is 11.7. The number of hydrogen-bond acceptors (Lipinski definition) is 5. The van der Waals surface area contributed by atoms with E-state index < -0.39 is 0 Å². The number of H-pyrrole nitrogens is 1. The van der Waals surface area contributed by atoms with Crippen molar-refractivity contribution in [2.75, 3.05) is 38.2 Å². The summed E-state index contributed by atoms with van der Waals surface area (Å²) in [5.41, 5.74) is 2.02. The molecule has 6 nitrogen and oxygen atoms in total. The van der Waals surface area contributed by atoms with E-state index in [4.69, 9.17) is 4.74 Å². The zero-order valence-corrected chi connectivity index (χ0v) is 12.8. The number of aromatic nitrogens is 2. The van der Waals surface area contributed by atoms with E-state index in [9.17, 15) is 4.79 Å². The van der Waals surface area contributed by atoms with E-state index in [1.165, 1.54) is 7.11 Å². The van der Waals surface area contributed by atoms with Crippen molar-refractivity contribution in [2.45, 2.75) is 13.8 Å². The second-order valence-corrected chi connectivity index (χ2v) is 4.49. The average Bonchev–Trinajstić information content (AvgIpc) is 3.01. The molecule has 0 unspecified atom stereocenters. The molecule has 0 saturated carbocycles. The molecule has 0 aliphatic carbocycles. The number of carbonyl (C=O) groups excluding carboxylic acids is 1. The first-order valence-corrected chi connectivity index (χ1v) is 7.32. The van der Waals surface area contributed by atoms with Gasteiger partial charge in [-0.05, 0) is 12.1 Å². The van der Waals surface area contributed by atoms with Gasteiger partial charge >= 0.3 is 5.97 Å². The van der Waals surface area contributed by atoms with E-state index in [2.05, 4.69) is 20.2 Å². The molecule has 0 radical (unpaired) electrons. The van der Waals surface area contributed by atoms with Gasteiger partial charge in [0.05, 0.1) is 18.2 Å². The third-order valence-electron chi connectivity index (χ3n) is 3.32. The Hall–Kier alpha value is -2.08. The number of anilines is 1. The molecule has 0 atom stereocenters. The normalized spacial score (nSPS) is 14.5. The number of ether oxygens (including phenoxy) is 1. The predicted molar refractivity (Wildman–Crippen MR) is 83.9 cm³/mol. The number of nitrogens with one attached hydrogen (secondary N) is 2. The number of para-hydroxylation sites is 1. The Labute approximate surface area is 124 Å². The number of benzene rings is 1. The molecule has 1 aromatic carbocycles. The number of methoxy groups -OCH3 is 1. The first kappa shape index (κ1) is 15.3. The summed E-state index contributed by atoms with van der Waals surface area (Å²) in [7, 11) is 1.38. The minimum Gasteiger partial charge on any atom is -0.465 e. The van der Waals surface area contributed by atoms with Gasteiger partial charge in [-0.15, -0.1) is 0 Å². The second-order valence-electron chi connectivity index (χ2n) is 4.49. The Balaban J connectivity index is 0.000000774. The van der Waals surface area contributed by atoms with E-state index in [1.807, 2.05) is 26.0 Å². The topological polar surface area (TPSA) is 70.2 Å². The number of hydrogen-bond donors (Lipinski definition) is 2. The van der Waals surface area contributed by atoms with Gasteiger partial charge in [-0.1, -0.05) is 19.9 Å². The third-order valence-corrected chi connectivity index (χ3v) is 3.32. The zero-order chi connectivity index (χ0) is 15.2. The van der Waals surface area contributed by atoms with Gasteiger partial charge in [0.1, 0.15) is 5.52 Å². The van der Waals surface area contributed by atoms with Crippen LogP contribution in [0.5, 0.6) is 0 Å². The molecular formula is C15H22N4O2. The highest BCUT2D eigenvalue weighted by molar-refractivity contribution is 6.02. The summed E-state index contributed by atoms with van der Waals surface area (Å²) < 4.78 is 4.78. The maximum atomic E-state index is 11.7. The van der Waals surface area contributed by atoms with E-state index in [0.29, 0.717) is 11.1 Å². The lowest BCUT2D eigenvalue weighted by Gasteiger charge is -2.26. The number of carbonyl (C=O) groups is 1. The van der Waals surface area contributed by atoms with Crippen LogP contribution in [0, 0.1) is 0 Å². The van der Waals surface area contributed by atoms with E-state index >= 15 is 0 Å². The SMILES string of the molecule is CC.COC(=O)c1cccc2[nH]c(N3CCNCC3)nc12. The van der Waals surface area contributed by atoms with E-state index in [1.54, 1.807) is 6.07 Å². The highest BCUT2D eigenvalue weighted by Gasteiger charge is 2.18. The van der Waals surface area contributed by atoms with Crippen LogP contribution < -0.4 is 10.2 Å². The van der Waals surface area contributed by atoms with Crippen molar-refractivity contribution in [3.05, 3.63) is 23.8 Å². The summed E-state index contributed by atoms with van der Waals surface area (Å²) in [4.78, 5) is 21.7. The lowest BCUT2D eigenvalue weighted by molar-refractivity contribution is 0.0603. The molecule has 1 saturated heterocycles. The highest BCUT2D eigenvalue weighted by Crippen LogP contribution is 2.21. The Morgan fingerprint density at radius 2 is 2.00 bits per heavy atom. The van der Waals surface area contributed by atoms with Gasteiger partial charge in [0.2, 0.25) is 5.95 Å². The Bertz CT molecular complexity index is 603. The van der Waals surface area contributed by atoms with Crippen LogP contribution in [0.25, 0.3) is 11.0 Å². The summed E-state index contributed by atoms with van der Waals surface area (Å²) >= 11 is 0. The minimum absolute atomic E-state index is 0.357. The number of piperazine rings is 1. The highest BCUT2D eigenvalue weighted by atomic mass is 16.5. The van der Waals surface area contributed by atoms with Crippen molar-refractivity contribution in [3.63, 3.8) is 0 Å². The molecule has 2 N–H and O–H groups in total. The molecule has 2 aromatic rings. The Morgan fingerprint density at radius 3 is 2.67 bits per heavy atom. The molecule has 0 amide bonds. The van der Waals surface area contributed by atoms with Crippen LogP contribution in [0.4, 0.5) is 5.95 Å². The maximum Gasteiger partial charge on any atom is 0.340 e. The number of esters is 1. The molecule has 0 bridgehead atoms. The van der Waals surface area contributed by atoms with Gasteiger partial charge in [-0.25, -0.2) is 9.78 Å². The first-order chi connectivity index (χ1) is 10.3. The molecule has 2 heterocycles. The number of imidazole rings is 1. The van der Waals surface area contributed by atoms with Gasteiger partial charge in [-0.2, -0.15) is 0 Å². The number of fused-ring (bicyclic) bond motifs is 1. The molecule has 1 aliphatic heterocycles. The van der Waals surface area contributed by atoms with Crippen molar-refractivity contribution in [2.24, 2.45) is 0 Å². The number of aromatic amines is 1. The largest absolute Gasteiger partial charge is 0.465 e. The molecule has 114 valence electrons. The van der Waals surface area contributed by atoms with Crippen molar-refractivity contribution in [1.82, 2.24) is 15.3 Å². The number of nitrogens with zero attached hydrogens (tertiary/aromatic N) is 2. The average molecular weight is 290 g/mol. The fraction of sp³-hybridized carbons (Fsp3) is 0.467.